The van der Waals surface area contributed by atoms with E-state index in [1.54, 1.807) is 6.07 Å². The number of nitrogens with one attached hydrogen (secondary N) is 1. The third kappa shape index (κ3) is 4.26. The van der Waals surface area contributed by atoms with Crippen LogP contribution in [0, 0.1) is 0 Å². The number of nitrogens with two attached hydrogens (primary N) is 1. The molecule has 0 bridgehead atoms. The molecular weight excluding hydrogens is 356 g/mol. The molecule has 3 N–H and O–H groups in total. The molecule has 7 nitrogen and oxygen atoms in total. The fourth-order valence-corrected chi connectivity index (χ4v) is 4.01. The highest BCUT2D eigenvalue weighted by Gasteiger charge is 2.42. The van der Waals surface area contributed by atoms with Crippen LogP contribution in [0.5, 0.6) is 0 Å². The molecule has 0 radical (unpaired) electrons. The van der Waals surface area contributed by atoms with Crippen molar-refractivity contribution in [3.05, 3.63) is 28.8 Å². The minimum atomic E-state index is -3.83. The van der Waals surface area contributed by atoms with Gasteiger partial charge in [-0.05, 0) is 17.7 Å². The summed E-state index contributed by atoms with van der Waals surface area (Å²) in [6.07, 6.45) is 1.46. The largest absolute Gasteiger partial charge is 0.381 e. The van der Waals surface area contributed by atoms with Gasteiger partial charge in [0.15, 0.2) is 5.79 Å². The van der Waals surface area contributed by atoms with Crippen LogP contribution in [-0.4, -0.2) is 46.7 Å². The highest BCUT2D eigenvalue weighted by Crippen LogP contribution is 2.33. The van der Waals surface area contributed by atoms with Crippen molar-refractivity contribution in [3.63, 3.8) is 0 Å². The molecule has 1 aromatic carbocycles. The van der Waals surface area contributed by atoms with E-state index in [-0.39, 0.29) is 16.0 Å². The monoisotopic (exact) mass is 376 g/mol. The molecule has 0 amide bonds. The Morgan fingerprint density at radius 2 is 2.08 bits per heavy atom. The second-order valence-corrected chi connectivity index (χ2v) is 7.95. The van der Waals surface area contributed by atoms with E-state index in [0.717, 1.165) is 18.4 Å². The Hall–Kier alpha value is -0.740. The van der Waals surface area contributed by atoms with Crippen molar-refractivity contribution < 1.29 is 22.6 Å². The van der Waals surface area contributed by atoms with E-state index in [1.165, 1.54) is 12.1 Å². The van der Waals surface area contributed by atoms with Crippen LogP contribution in [0.1, 0.15) is 18.4 Å². The molecule has 0 aromatic heterocycles. The summed E-state index contributed by atoms with van der Waals surface area (Å²) in [5, 5.41) is 8.52. The van der Waals surface area contributed by atoms with Gasteiger partial charge in [0.25, 0.3) is 0 Å². The van der Waals surface area contributed by atoms with Crippen molar-refractivity contribution in [2.75, 3.05) is 26.4 Å². The molecule has 3 rings (SSSR count). The fraction of sp³-hybridized carbons (Fsp3) is 0.600. The lowest BCUT2D eigenvalue weighted by Crippen LogP contribution is -2.39. The van der Waals surface area contributed by atoms with Gasteiger partial charge in [-0.15, -0.1) is 0 Å². The van der Waals surface area contributed by atoms with Crippen LogP contribution >= 0.6 is 11.6 Å². The van der Waals surface area contributed by atoms with Gasteiger partial charge in [-0.3, -0.25) is 0 Å². The Labute approximate surface area is 146 Å². The number of halogens is 1. The molecule has 1 spiro atoms. The Kier molecular flexibility index (Phi) is 5.45. The standard InChI is InChI=1S/C15H21ClN2O5S/c16-13-2-1-11(7-14(13)24(17,19)20)8-18-9-12-10-22-15(23-12)3-5-21-6-4-15/h1-2,7,12,18H,3-6,8-10H2,(H2,17,19,20)/t12-/m1/s1. The SMILES string of the molecule is NS(=O)(=O)c1cc(CNC[C@@H]2COC3(CCOCC3)O2)ccc1Cl. The van der Waals surface area contributed by atoms with Crippen LogP contribution in [0.2, 0.25) is 5.02 Å². The maximum atomic E-state index is 11.5. The molecule has 0 unspecified atom stereocenters. The second kappa shape index (κ2) is 7.25. The van der Waals surface area contributed by atoms with Gasteiger partial charge in [-0.1, -0.05) is 17.7 Å². The maximum Gasteiger partial charge on any atom is 0.239 e. The van der Waals surface area contributed by atoms with Crippen molar-refractivity contribution in [2.45, 2.75) is 36.2 Å². The first kappa shape index (κ1) is 18.1. The summed E-state index contributed by atoms with van der Waals surface area (Å²) < 4.78 is 40.2. The molecule has 2 aliphatic heterocycles. The number of rotatable bonds is 5. The van der Waals surface area contributed by atoms with E-state index < -0.39 is 15.8 Å². The molecule has 9 heteroatoms. The molecular formula is C15H21ClN2O5S. The van der Waals surface area contributed by atoms with E-state index >= 15 is 0 Å². The van der Waals surface area contributed by atoms with Crippen LogP contribution in [0.3, 0.4) is 0 Å². The average molecular weight is 377 g/mol. The summed E-state index contributed by atoms with van der Waals surface area (Å²) >= 11 is 5.87. The Balaban J connectivity index is 1.52. The lowest BCUT2D eigenvalue weighted by molar-refractivity contribution is -0.210. The molecule has 0 aliphatic carbocycles. The number of benzene rings is 1. The molecule has 2 aliphatic rings. The van der Waals surface area contributed by atoms with Gasteiger partial charge in [0.2, 0.25) is 10.0 Å². The number of ether oxygens (including phenoxy) is 3. The highest BCUT2D eigenvalue weighted by molar-refractivity contribution is 7.89. The summed E-state index contributed by atoms with van der Waals surface area (Å²) in [6.45, 7) is 2.93. The zero-order valence-electron chi connectivity index (χ0n) is 13.2. The van der Waals surface area contributed by atoms with E-state index in [1.807, 2.05) is 0 Å². The Bertz CT molecular complexity index is 691. The molecule has 24 heavy (non-hydrogen) atoms. The third-order valence-corrected chi connectivity index (χ3v) is 5.56. The molecule has 2 heterocycles. The van der Waals surface area contributed by atoms with E-state index in [2.05, 4.69) is 5.32 Å². The zero-order chi connectivity index (χ0) is 17.2. The van der Waals surface area contributed by atoms with Crippen molar-refractivity contribution in [1.82, 2.24) is 5.32 Å². The highest BCUT2D eigenvalue weighted by atomic mass is 35.5. The first-order valence-electron chi connectivity index (χ1n) is 7.79. The number of hydrogen-bond donors (Lipinski definition) is 2. The van der Waals surface area contributed by atoms with Gasteiger partial charge in [-0.2, -0.15) is 0 Å². The van der Waals surface area contributed by atoms with Crippen molar-refractivity contribution in [3.8, 4) is 0 Å². The molecule has 2 fully saturated rings. The number of hydrogen-bond acceptors (Lipinski definition) is 6. The van der Waals surface area contributed by atoms with Crippen molar-refractivity contribution >= 4 is 21.6 Å². The summed E-state index contributed by atoms with van der Waals surface area (Å²) in [5.41, 5.74) is 0.781. The fourth-order valence-electron chi connectivity index (χ4n) is 2.92. The second-order valence-electron chi connectivity index (χ2n) is 6.01. The molecule has 2 saturated heterocycles. The van der Waals surface area contributed by atoms with Crippen LogP contribution in [-0.2, 0) is 30.8 Å². The van der Waals surface area contributed by atoms with Gasteiger partial charge in [0, 0.05) is 25.9 Å². The van der Waals surface area contributed by atoms with Crippen LogP contribution < -0.4 is 10.5 Å². The van der Waals surface area contributed by atoms with Crippen LogP contribution in [0.4, 0.5) is 0 Å². The van der Waals surface area contributed by atoms with E-state index in [0.29, 0.717) is 32.9 Å². The van der Waals surface area contributed by atoms with Gasteiger partial charge in [0.05, 0.1) is 30.9 Å². The predicted octanol–water partition coefficient (Wildman–Crippen LogP) is 0.999. The van der Waals surface area contributed by atoms with Crippen LogP contribution in [0.25, 0.3) is 0 Å². The van der Waals surface area contributed by atoms with Gasteiger partial charge < -0.3 is 19.5 Å². The summed E-state index contributed by atoms with van der Waals surface area (Å²) in [5.74, 6) is -0.494. The molecule has 134 valence electrons. The quantitative estimate of drug-likeness (QED) is 0.795. The molecule has 1 atom stereocenters. The van der Waals surface area contributed by atoms with E-state index in [9.17, 15) is 8.42 Å². The topological polar surface area (TPSA) is 99.9 Å². The van der Waals surface area contributed by atoms with Gasteiger partial charge >= 0.3 is 0 Å². The Morgan fingerprint density at radius 3 is 2.79 bits per heavy atom. The summed E-state index contributed by atoms with van der Waals surface area (Å²) in [6, 6.07) is 4.77. The minimum Gasteiger partial charge on any atom is -0.381 e. The number of sulfonamides is 1. The zero-order valence-corrected chi connectivity index (χ0v) is 14.7. The van der Waals surface area contributed by atoms with Gasteiger partial charge in [-0.25, -0.2) is 13.6 Å². The lowest BCUT2D eigenvalue weighted by Gasteiger charge is -2.31. The molecule has 1 aromatic rings. The minimum absolute atomic E-state index is 0.0342. The predicted molar refractivity (Wildman–Crippen MR) is 88.1 cm³/mol. The lowest BCUT2D eigenvalue weighted by atomic mass is 10.1. The van der Waals surface area contributed by atoms with Crippen molar-refractivity contribution in [2.24, 2.45) is 5.14 Å². The number of primary sulfonamides is 1. The van der Waals surface area contributed by atoms with Crippen molar-refractivity contribution in [1.29, 1.82) is 0 Å². The maximum absolute atomic E-state index is 11.5. The molecule has 0 saturated carbocycles. The summed E-state index contributed by atoms with van der Waals surface area (Å²) in [7, 11) is -3.83. The van der Waals surface area contributed by atoms with E-state index in [4.69, 9.17) is 31.0 Å². The van der Waals surface area contributed by atoms with Gasteiger partial charge in [0.1, 0.15) is 4.90 Å². The normalized spacial score (nSPS) is 23.7. The third-order valence-electron chi connectivity index (χ3n) is 4.17. The first-order valence-corrected chi connectivity index (χ1v) is 9.72. The van der Waals surface area contributed by atoms with Crippen LogP contribution in [0.15, 0.2) is 23.1 Å². The smallest absolute Gasteiger partial charge is 0.239 e. The Morgan fingerprint density at radius 1 is 1.33 bits per heavy atom. The summed E-state index contributed by atoms with van der Waals surface area (Å²) in [4.78, 5) is -0.0647. The first-order chi connectivity index (χ1) is 11.4. The average Bonchev–Trinajstić information content (AvgIpc) is 2.91.